The number of hydrogen-bond donors (Lipinski definition) is 0. The third kappa shape index (κ3) is 3.42. The van der Waals surface area contributed by atoms with Gasteiger partial charge in [-0.25, -0.2) is 17.8 Å². The molecule has 0 atom stereocenters. The van der Waals surface area contributed by atoms with E-state index >= 15 is 0 Å². The van der Waals surface area contributed by atoms with Crippen molar-refractivity contribution in [3.8, 4) is 0 Å². The fraction of sp³-hybridized carbons (Fsp3) is 0.308. The Hall–Kier alpha value is -1.02. The Morgan fingerprint density at radius 3 is 2.71 bits per heavy atom. The summed E-state index contributed by atoms with van der Waals surface area (Å²) in [6.45, 7) is 1.96. The summed E-state index contributed by atoms with van der Waals surface area (Å²) in [5, 5.41) is 0. The molecule has 0 fully saturated rings. The van der Waals surface area contributed by atoms with Gasteiger partial charge in [-0.2, -0.15) is 4.31 Å². The zero-order chi connectivity index (χ0) is 15.6. The van der Waals surface area contributed by atoms with Crippen LogP contribution in [0.4, 0.5) is 4.39 Å². The van der Waals surface area contributed by atoms with E-state index in [0.29, 0.717) is 5.56 Å². The Morgan fingerprint density at radius 1 is 1.43 bits per heavy atom. The number of nitrogens with zero attached hydrogens (tertiary/aromatic N) is 2. The largest absolute Gasteiger partial charge is 0.250 e. The summed E-state index contributed by atoms with van der Waals surface area (Å²) in [4.78, 5) is 4.55. The molecule has 0 aliphatic carbocycles. The van der Waals surface area contributed by atoms with Gasteiger partial charge in [-0.05, 0) is 24.6 Å². The predicted octanol–water partition coefficient (Wildman–Crippen LogP) is 3.15. The molecule has 0 aliphatic heterocycles. The van der Waals surface area contributed by atoms with Gasteiger partial charge in [0.15, 0.2) is 0 Å². The highest BCUT2D eigenvalue weighted by atomic mass is 35.5. The number of alkyl halides is 1. The highest BCUT2D eigenvalue weighted by Gasteiger charge is 2.25. The molecule has 0 aliphatic rings. The Labute approximate surface area is 132 Å². The molecular weight excluding hydrogens is 335 g/mol. The SMILES string of the molecule is Cc1ncsc1CN(C)S(=O)(=O)c1cc(CCl)ccc1F. The van der Waals surface area contributed by atoms with Gasteiger partial charge in [-0.1, -0.05) is 6.07 Å². The maximum atomic E-state index is 13.9. The van der Waals surface area contributed by atoms with Crippen molar-refractivity contribution in [3.63, 3.8) is 0 Å². The van der Waals surface area contributed by atoms with Crippen LogP contribution in [0, 0.1) is 12.7 Å². The van der Waals surface area contributed by atoms with E-state index in [0.717, 1.165) is 20.9 Å². The molecule has 0 saturated heterocycles. The van der Waals surface area contributed by atoms with Crippen molar-refractivity contribution < 1.29 is 12.8 Å². The molecule has 114 valence electrons. The summed E-state index contributed by atoms with van der Waals surface area (Å²) >= 11 is 7.05. The quantitative estimate of drug-likeness (QED) is 0.780. The van der Waals surface area contributed by atoms with Gasteiger partial charge in [0, 0.05) is 24.3 Å². The van der Waals surface area contributed by atoms with Crippen LogP contribution in [-0.4, -0.2) is 24.8 Å². The maximum absolute atomic E-state index is 13.9. The van der Waals surface area contributed by atoms with Gasteiger partial charge in [-0.15, -0.1) is 22.9 Å². The lowest BCUT2D eigenvalue weighted by Gasteiger charge is -2.17. The predicted molar refractivity (Wildman–Crippen MR) is 81.5 cm³/mol. The van der Waals surface area contributed by atoms with E-state index in [1.165, 1.54) is 30.5 Å². The van der Waals surface area contributed by atoms with Crippen LogP contribution in [0.1, 0.15) is 16.1 Å². The molecule has 0 spiro atoms. The van der Waals surface area contributed by atoms with Crippen molar-refractivity contribution in [3.05, 3.63) is 45.7 Å². The van der Waals surface area contributed by atoms with Gasteiger partial charge in [-0.3, -0.25) is 0 Å². The van der Waals surface area contributed by atoms with Gasteiger partial charge >= 0.3 is 0 Å². The molecule has 0 amide bonds. The van der Waals surface area contributed by atoms with Crippen LogP contribution in [0.5, 0.6) is 0 Å². The van der Waals surface area contributed by atoms with E-state index in [-0.39, 0.29) is 17.3 Å². The number of aromatic nitrogens is 1. The second kappa shape index (κ2) is 6.39. The lowest BCUT2D eigenvalue weighted by atomic mass is 10.2. The minimum absolute atomic E-state index is 0.125. The first-order valence-electron chi connectivity index (χ1n) is 6.06. The van der Waals surface area contributed by atoms with Crippen LogP contribution in [0.15, 0.2) is 28.6 Å². The third-order valence-electron chi connectivity index (χ3n) is 3.05. The Balaban J connectivity index is 2.35. The zero-order valence-electron chi connectivity index (χ0n) is 11.5. The summed E-state index contributed by atoms with van der Waals surface area (Å²) in [5.74, 6) is -0.655. The molecule has 8 heteroatoms. The van der Waals surface area contributed by atoms with Crippen LogP contribution in [0.3, 0.4) is 0 Å². The molecular formula is C13H14ClFN2O2S2. The van der Waals surface area contributed by atoms with Gasteiger partial charge in [0.1, 0.15) is 10.7 Å². The van der Waals surface area contributed by atoms with Crippen LogP contribution in [-0.2, 0) is 22.4 Å². The van der Waals surface area contributed by atoms with E-state index in [4.69, 9.17) is 11.6 Å². The fourth-order valence-corrected chi connectivity index (χ4v) is 4.09. The van der Waals surface area contributed by atoms with E-state index < -0.39 is 15.8 Å². The fourth-order valence-electron chi connectivity index (χ4n) is 1.76. The van der Waals surface area contributed by atoms with E-state index in [9.17, 15) is 12.8 Å². The van der Waals surface area contributed by atoms with Gasteiger partial charge < -0.3 is 0 Å². The summed E-state index contributed by atoms with van der Waals surface area (Å²) in [5.41, 5.74) is 2.98. The molecule has 21 heavy (non-hydrogen) atoms. The molecule has 1 aromatic carbocycles. The smallest absolute Gasteiger partial charge is 0.246 e. The lowest BCUT2D eigenvalue weighted by molar-refractivity contribution is 0.461. The highest BCUT2D eigenvalue weighted by molar-refractivity contribution is 7.89. The molecule has 1 heterocycles. The molecule has 0 unspecified atom stereocenters. The molecule has 0 radical (unpaired) electrons. The van der Waals surface area contributed by atoms with Crippen molar-refractivity contribution in [2.75, 3.05) is 7.05 Å². The van der Waals surface area contributed by atoms with Crippen LogP contribution in [0.2, 0.25) is 0 Å². The van der Waals surface area contributed by atoms with Crippen molar-refractivity contribution in [1.82, 2.24) is 9.29 Å². The second-order valence-corrected chi connectivity index (χ2v) is 7.74. The topological polar surface area (TPSA) is 50.3 Å². The maximum Gasteiger partial charge on any atom is 0.246 e. The molecule has 2 aromatic rings. The second-order valence-electron chi connectivity index (χ2n) is 4.52. The van der Waals surface area contributed by atoms with E-state index in [1.54, 1.807) is 12.4 Å². The first kappa shape index (κ1) is 16.4. The first-order chi connectivity index (χ1) is 9.86. The standard InChI is InChI=1S/C13H14ClFN2O2S2/c1-9-12(20-8-16-9)7-17(2)21(18,19)13-5-10(6-14)3-4-11(13)15/h3-5,8H,6-7H2,1-2H3. The van der Waals surface area contributed by atoms with Crippen LogP contribution < -0.4 is 0 Å². The summed E-state index contributed by atoms with van der Waals surface area (Å²) in [6, 6.07) is 3.86. The van der Waals surface area contributed by atoms with Crippen LogP contribution in [0.25, 0.3) is 0 Å². The zero-order valence-corrected chi connectivity index (χ0v) is 13.9. The number of sulfonamides is 1. The monoisotopic (exact) mass is 348 g/mol. The van der Waals surface area contributed by atoms with Crippen LogP contribution >= 0.6 is 22.9 Å². The molecule has 0 bridgehead atoms. The van der Waals surface area contributed by atoms with E-state index in [2.05, 4.69) is 4.98 Å². The number of benzene rings is 1. The number of thiazole rings is 1. The Bertz CT molecular complexity index is 746. The summed E-state index contributed by atoms with van der Waals surface area (Å²) in [6.07, 6.45) is 0. The summed E-state index contributed by atoms with van der Waals surface area (Å²) < 4.78 is 39.9. The minimum Gasteiger partial charge on any atom is -0.250 e. The van der Waals surface area contributed by atoms with Crippen molar-refractivity contribution in [1.29, 1.82) is 0 Å². The minimum atomic E-state index is -3.92. The normalized spacial score (nSPS) is 12.0. The average Bonchev–Trinajstić information content (AvgIpc) is 2.84. The first-order valence-corrected chi connectivity index (χ1v) is 8.91. The third-order valence-corrected chi connectivity index (χ3v) is 6.10. The Kier molecular flexibility index (Phi) is 4.98. The number of rotatable bonds is 5. The van der Waals surface area contributed by atoms with Crippen molar-refractivity contribution in [2.24, 2.45) is 0 Å². The molecule has 4 nitrogen and oxygen atoms in total. The number of halogens is 2. The number of aryl methyl sites for hydroxylation is 1. The van der Waals surface area contributed by atoms with Gasteiger partial charge in [0.2, 0.25) is 10.0 Å². The van der Waals surface area contributed by atoms with E-state index in [1.807, 2.05) is 0 Å². The average molecular weight is 349 g/mol. The molecule has 0 saturated carbocycles. The molecule has 1 aromatic heterocycles. The highest BCUT2D eigenvalue weighted by Crippen LogP contribution is 2.23. The Morgan fingerprint density at radius 2 is 2.14 bits per heavy atom. The summed E-state index contributed by atoms with van der Waals surface area (Å²) in [7, 11) is -2.50. The number of hydrogen-bond acceptors (Lipinski definition) is 4. The van der Waals surface area contributed by atoms with Gasteiger partial charge in [0.05, 0.1) is 11.2 Å². The molecule has 2 rings (SSSR count). The lowest BCUT2D eigenvalue weighted by Crippen LogP contribution is -2.27. The van der Waals surface area contributed by atoms with Crippen molar-refractivity contribution >= 4 is 33.0 Å². The van der Waals surface area contributed by atoms with Gasteiger partial charge in [0.25, 0.3) is 0 Å². The van der Waals surface area contributed by atoms with Crippen molar-refractivity contribution in [2.45, 2.75) is 24.2 Å². The molecule has 0 N–H and O–H groups in total.